The van der Waals surface area contributed by atoms with Crippen LogP contribution in [0.4, 0.5) is 0 Å². The Labute approximate surface area is 705 Å². The molecule has 0 nitrogen and oxygen atoms in total. The number of rotatable bonds is 6. The quantitative estimate of drug-likeness (QED) is 0.115. The van der Waals surface area contributed by atoms with Crippen LogP contribution in [0, 0.1) is 0 Å². The highest BCUT2D eigenvalue weighted by Gasteiger charge is 2.55. The van der Waals surface area contributed by atoms with Crippen LogP contribution in [0.3, 0.4) is 0 Å². The van der Waals surface area contributed by atoms with Crippen molar-refractivity contribution in [2.45, 2.75) is 0 Å². The second kappa shape index (κ2) is 24.7. The highest BCUT2D eigenvalue weighted by molar-refractivity contribution is 7.25. The van der Waals surface area contributed by atoms with Crippen LogP contribution in [0.1, 0.15) is 0 Å². The molecular weight excluding hydrogens is 1500 g/mol. The summed E-state index contributed by atoms with van der Waals surface area (Å²) in [5, 5.41) is 49.4. The van der Waals surface area contributed by atoms with E-state index in [1.807, 2.05) is 0 Å². The molecule has 122 heavy (non-hydrogen) atoms. The molecule has 0 saturated carbocycles. The predicted molar refractivity (Wildman–Crippen MR) is 529 cm³/mol. The Balaban J connectivity index is 0.000000126. The van der Waals surface area contributed by atoms with E-state index >= 15 is 0 Å². The van der Waals surface area contributed by atoms with E-state index in [1.165, 1.54) is 270 Å². The van der Waals surface area contributed by atoms with Crippen LogP contribution in [-0.4, -0.2) is 16.1 Å². The highest BCUT2D eigenvalue weighted by atomic mass is 28.3. The SMILES string of the molecule is c1ccc(-c2c3cc4c5ccccc5c5cccc(c3c(-c3ccccc3)c3c6cccc7c8c(cc(c23)c76)[Si](c2ccccc2)(c2ccccc2)c2ccccc2-8)c54)cc1.c1ccc(-c2c3cc4c5ccccc5c5cccc(c3c(-c3ccccc3)c3c6cccc7c8c(cc(c23)c76)[Si]2(c3ccccc3-c3ccccc32)c2ccccc2-8)c54)cc1. The monoisotopic (exact) mass is 1570 g/mol. The minimum atomic E-state index is -2.80. The third-order valence-corrected chi connectivity index (χ3v) is 38.7. The van der Waals surface area contributed by atoms with Gasteiger partial charge in [-0.25, -0.2) is 0 Å². The van der Waals surface area contributed by atoms with Gasteiger partial charge in [0.15, 0.2) is 16.1 Å². The van der Waals surface area contributed by atoms with E-state index in [0.717, 1.165) is 0 Å². The third kappa shape index (κ3) is 8.40. The van der Waals surface area contributed by atoms with Crippen molar-refractivity contribution in [1.82, 2.24) is 0 Å². The molecule has 2 heteroatoms. The fourth-order valence-electron chi connectivity index (χ4n) is 24.7. The van der Waals surface area contributed by atoms with Gasteiger partial charge in [-0.15, -0.1) is 0 Å². The van der Waals surface area contributed by atoms with Gasteiger partial charge in [0.25, 0.3) is 0 Å². The van der Waals surface area contributed by atoms with Gasteiger partial charge in [0.05, 0.1) is 0 Å². The lowest BCUT2D eigenvalue weighted by atomic mass is 9.84. The first-order valence-corrected chi connectivity index (χ1v) is 47.0. The molecule has 3 aliphatic heterocycles. The lowest BCUT2D eigenvalue weighted by Gasteiger charge is -2.31. The summed E-state index contributed by atoms with van der Waals surface area (Å²) in [4.78, 5) is 0. The van der Waals surface area contributed by atoms with Crippen molar-refractivity contribution in [3.63, 3.8) is 0 Å². The Morgan fingerprint density at radius 1 is 0.115 bits per heavy atom. The molecule has 0 aromatic heterocycles. The molecule has 29 rings (SSSR count). The molecule has 0 amide bonds. The van der Waals surface area contributed by atoms with E-state index in [1.54, 1.807) is 0 Å². The number of fused-ring (bicyclic) bond motifs is 31. The first-order chi connectivity index (χ1) is 60.6. The Kier molecular flexibility index (Phi) is 13.5. The van der Waals surface area contributed by atoms with Crippen molar-refractivity contribution in [3.05, 3.63) is 425 Å². The fourth-order valence-corrected chi connectivity index (χ4v) is 35.5. The van der Waals surface area contributed by atoms with Gasteiger partial charge >= 0.3 is 0 Å². The van der Waals surface area contributed by atoms with Gasteiger partial charge in [-0.05, 0) is 282 Å². The first kappa shape index (κ1) is 66.8. The molecule has 0 aliphatic carbocycles. The Morgan fingerprint density at radius 2 is 0.369 bits per heavy atom. The molecule has 3 aliphatic rings. The van der Waals surface area contributed by atoms with Gasteiger partial charge in [0.2, 0.25) is 0 Å². The number of hydrogen-bond donors (Lipinski definition) is 0. The smallest absolute Gasteiger partial charge is 0.0623 e. The van der Waals surface area contributed by atoms with Gasteiger partial charge in [0.1, 0.15) is 0 Å². The maximum absolute atomic E-state index is 2.80. The van der Waals surface area contributed by atoms with Crippen LogP contribution >= 0.6 is 0 Å². The van der Waals surface area contributed by atoms with Gasteiger partial charge in [0, 0.05) is 0 Å². The molecule has 26 aromatic rings. The van der Waals surface area contributed by atoms with Crippen LogP contribution in [-0.2, 0) is 0 Å². The van der Waals surface area contributed by atoms with Gasteiger partial charge < -0.3 is 0 Å². The summed E-state index contributed by atoms with van der Waals surface area (Å²) in [5.74, 6) is 0. The Hall–Kier alpha value is -15.2. The highest BCUT2D eigenvalue weighted by Crippen LogP contribution is 2.59. The summed E-state index contributed by atoms with van der Waals surface area (Å²) < 4.78 is 0. The van der Waals surface area contributed by atoms with Crippen LogP contribution < -0.4 is 41.5 Å². The summed E-state index contributed by atoms with van der Waals surface area (Å²) in [6, 6.07) is 162. The lowest BCUT2D eigenvalue weighted by Crippen LogP contribution is -2.72. The molecular formula is C120H70Si2. The van der Waals surface area contributed by atoms with E-state index in [9.17, 15) is 0 Å². The zero-order chi connectivity index (χ0) is 79.4. The van der Waals surface area contributed by atoms with Gasteiger partial charge in [-0.3, -0.25) is 0 Å². The van der Waals surface area contributed by atoms with Gasteiger partial charge in [-0.2, -0.15) is 0 Å². The van der Waals surface area contributed by atoms with E-state index in [2.05, 4.69) is 425 Å². The molecule has 558 valence electrons. The van der Waals surface area contributed by atoms with Crippen LogP contribution in [0.25, 0.3) is 229 Å². The molecule has 0 unspecified atom stereocenters. The zero-order valence-corrected chi connectivity index (χ0v) is 68.4. The summed E-state index contributed by atoms with van der Waals surface area (Å²) in [6.45, 7) is 0. The van der Waals surface area contributed by atoms with Crippen molar-refractivity contribution in [2.24, 2.45) is 0 Å². The normalized spacial score (nSPS) is 13.5. The van der Waals surface area contributed by atoms with Crippen molar-refractivity contribution in [2.75, 3.05) is 0 Å². The minimum Gasteiger partial charge on any atom is -0.0623 e. The lowest BCUT2D eigenvalue weighted by molar-refractivity contribution is 1.68. The van der Waals surface area contributed by atoms with Gasteiger partial charge in [-0.1, -0.05) is 413 Å². The van der Waals surface area contributed by atoms with Crippen LogP contribution in [0.5, 0.6) is 0 Å². The molecule has 0 N–H and O–H groups in total. The fraction of sp³-hybridized carbons (Fsp3) is 0. The van der Waals surface area contributed by atoms with E-state index in [4.69, 9.17) is 0 Å². The molecule has 0 bridgehead atoms. The second-order valence-corrected chi connectivity index (χ2v) is 41.7. The first-order valence-electron chi connectivity index (χ1n) is 43.0. The van der Waals surface area contributed by atoms with E-state index in [0.29, 0.717) is 0 Å². The topological polar surface area (TPSA) is 0 Å². The number of hydrogen-bond acceptors (Lipinski definition) is 0. The number of benzene rings is 22. The minimum absolute atomic E-state index is 1.25. The molecule has 26 aromatic carbocycles. The largest absolute Gasteiger partial charge is 0.182 e. The molecule has 0 atom stereocenters. The second-order valence-electron chi connectivity index (χ2n) is 34.3. The summed E-state index contributed by atoms with van der Waals surface area (Å²) in [6.07, 6.45) is 0. The average molecular weight is 1570 g/mol. The third-order valence-electron chi connectivity index (χ3n) is 28.9. The maximum Gasteiger partial charge on any atom is 0.182 e. The van der Waals surface area contributed by atoms with E-state index in [-0.39, 0.29) is 0 Å². The van der Waals surface area contributed by atoms with Crippen LogP contribution in [0.2, 0.25) is 0 Å². The summed E-state index contributed by atoms with van der Waals surface area (Å²) in [5.41, 5.74) is 18.7. The van der Waals surface area contributed by atoms with Crippen LogP contribution in [0.15, 0.2) is 425 Å². The molecule has 1 spiro atoms. The average Bonchev–Trinajstić information content (AvgIpc) is 1.49. The predicted octanol–water partition coefficient (Wildman–Crippen LogP) is 26.6. The Morgan fingerprint density at radius 3 is 0.754 bits per heavy atom. The summed E-state index contributed by atoms with van der Waals surface area (Å²) >= 11 is 0. The molecule has 3 heterocycles. The maximum atomic E-state index is 2.71. The van der Waals surface area contributed by atoms with Crippen molar-refractivity contribution in [1.29, 1.82) is 0 Å². The summed E-state index contributed by atoms with van der Waals surface area (Å²) in [7, 11) is -5.53. The Bertz CT molecular complexity index is 8450. The standard InChI is InChI=1S/C60H34Si.C60H36Si/c1-3-17-35(18-4-1)53-47-33-46-38-22-8-7-21-37(38)41-26-15-28-44(55(41)46)58(47)54(36-19-5-2-6-20-36)59-45-29-16-27-43-56(45)48(60(53)59)34-52-57(43)42-25-11-14-32-51(42)61(52)49-30-12-9-23-39(49)40-24-10-13-31-50(40)61;1-5-19-37(20-6-1)53-49-35-48-42-28-14-13-27-41(42)43-30-17-32-46(55(43)48)58(49)54(38-21-7-2-8-22-38)59-47-33-18-31-45-56(47)50(60(53)59)36-52-57(45)44-29-15-16-34-51(44)61(52,39-23-9-3-10-24-39)40-25-11-4-12-26-40/h1-34H;1-36H. The molecule has 0 radical (unpaired) electrons. The molecule has 0 fully saturated rings. The van der Waals surface area contributed by atoms with Crippen molar-refractivity contribution in [3.8, 4) is 77.9 Å². The molecule has 0 saturated heterocycles. The van der Waals surface area contributed by atoms with Crippen molar-refractivity contribution >= 4 is 208 Å². The zero-order valence-electron chi connectivity index (χ0n) is 66.4. The van der Waals surface area contributed by atoms with E-state index < -0.39 is 16.1 Å². The van der Waals surface area contributed by atoms with Crippen molar-refractivity contribution < 1.29 is 0 Å².